The normalized spacial score (nSPS) is 20.9. The van der Waals surface area contributed by atoms with E-state index in [2.05, 4.69) is 55.1 Å². The molecule has 0 radical (unpaired) electrons. The number of aliphatic carboxylic acids is 1. The van der Waals surface area contributed by atoms with Crippen LogP contribution >= 0.6 is 0 Å². The predicted octanol–water partition coefficient (Wildman–Crippen LogP) is 4.19. The summed E-state index contributed by atoms with van der Waals surface area (Å²) in [7, 11) is 0. The molecule has 2 aromatic carbocycles. The Morgan fingerprint density at radius 1 is 1.04 bits per heavy atom. The lowest BCUT2D eigenvalue weighted by Crippen LogP contribution is -2.23. The van der Waals surface area contributed by atoms with Gasteiger partial charge in [0.05, 0.1) is 5.92 Å². The fourth-order valence-corrected chi connectivity index (χ4v) is 3.82. The van der Waals surface area contributed by atoms with Gasteiger partial charge in [-0.1, -0.05) is 68.4 Å². The highest BCUT2D eigenvalue weighted by atomic mass is 16.4. The Hall–Kier alpha value is -2.13. The van der Waals surface area contributed by atoms with Crippen LogP contribution in [0.15, 0.2) is 54.6 Å². The maximum Gasteiger partial charge on any atom is 0.308 e. The van der Waals surface area contributed by atoms with Crippen LogP contribution in [0.2, 0.25) is 0 Å². The molecular weight excluding hydrogens is 310 g/mol. The van der Waals surface area contributed by atoms with Crippen molar-refractivity contribution in [3.05, 3.63) is 71.3 Å². The van der Waals surface area contributed by atoms with Crippen molar-refractivity contribution < 1.29 is 9.90 Å². The molecule has 3 rings (SSSR count). The van der Waals surface area contributed by atoms with E-state index in [1.807, 2.05) is 18.2 Å². The first-order valence-corrected chi connectivity index (χ1v) is 9.11. The van der Waals surface area contributed by atoms with Gasteiger partial charge in [-0.25, -0.2) is 0 Å². The molecule has 0 amide bonds. The lowest BCUT2D eigenvalue weighted by molar-refractivity contribution is -0.141. The topological polar surface area (TPSA) is 40.5 Å². The van der Waals surface area contributed by atoms with Crippen molar-refractivity contribution in [1.82, 2.24) is 4.90 Å². The van der Waals surface area contributed by atoms with Gasteiger partial charge in [-0.15, -0.1) is 0 Å². The summed E-state index contributed by atoms with van der Waals surface area (Å²) in [5.74, 6) is -0.328. The monoisotopic (exact) mass is 337 g/mol. The van der Waals surface area contributed by atoms with Crippen LogP contribution in [0.4, 0.5) is 0 Å². The Bertz CT molecular complexity index is 694. The predicted molar refractivity (Wildman–Crippen MR) is 101 cm³/mol. The molecule has 0 spiro atoms. The summed E-state index contributed by atoms with van der Waals surface area (Å²) in [6, 6.07) is 18.9. The van der Waals surface area contributed by atoms with Crippen molar-refractivity contribution in [2.45, 2.75) is 32.7 Å². The molecule has 1 fully saturated rings. The van der Waals surface area contributed by atoms with E-state index in [0.29, 0.717) is 12.5 Å². The number of nitrogens with zero attached hydrogens (tertiary/aromatic N) is 1. The summed E-state index contributed by atoms with van der Waals surface area (Å²) in [6.45, 7) is 6.66. The standard InChI is InChI=1S/C22H27NO2/c1-16(2)12-17-8-10-19(11-9-17)20-14-23(15-21(20)22(24)25)13-18-6-4-3-5-7-18/h3-11,16,20-21H,12-15H2,1-2H3,(H,24,25). The lowest BCUT2D eigenvalue weighted by atomic mass is 9.88. The molecule has 1 aliphatic heterocycles. The third-order valence-corrected chi connectivity index (χ3v) is 5.01. The average Bonchev–Trinajstić information content (AvgIpc) is 3.00. The molecule has 3 nitrogen and oxygen atoms in total. The van der Waals surface area contributed by atoms with E-state index in [4.69, 9.17) is 0 Å². The van der Waals surface area contributed by atoms with Crippen LogP contribution < -0.4 is 0 Å². The molecule has 0 aliphatic carbocycles. The van der Waals surface area contributed by atoms with Gasteiger partial charge in [-0.05, 0) is 29.0 Å². The molecule has 0 saturated carbocycles. The first-order valence-electron chi connectivity index (χ1n) is 9.11. The average molecular weight is 337 g/mol. The number of likely N-dealkylation sites (tertiary alicyclic amines) is 1. The van der Waals surface area contributed by atoms with E-state index < -0.39 is 5.97 Å². The number of hydrogen-bond donors (Lipinski definition) is 1. The van der Waals surface area contributed by atoms with E-state index in [1.165, 1.54) is 11.1 Å². The minimum Gasteiger partial charge on any atom is -0.481 e. The van der Waals surface area contributed by atoms with Crippen LogP contribution in [0.3, 0.4) is 0 Å². The molecule has 3 heteroatoms. The van der Waals surface area contributed by atoms with Crippen LogP contribution in [0, 0.1) is 11.8 Å². The zero-order valence-electron chi connectivity index (χ0n) is 15.1. The highest BCUT2D eigenvalue weighted by Crippen LogP contribution is 2.34. The van der Waals surface area contributed by atoms with Crippen molar-refractivity contribution in [2.75, 3.05) is 13.1 Å². The summed E-state index contributed by atoms with van der Waals surface area (Å²) in [5.41, 5.74) is 3.71. The van der Waals surface area contributed by atoms with E-state index in [1.54, 1.807) is 0 Å². The van der Waals surface area contributed by atoms with Gasteiger partial charge in [0.1, 0.15) is 0 Å². The first-order chi connectivity index (χ1) is 12.0. The van der Waals surface area contributed by atoms with Crippen molar-refractivity contribution in [1.29, 1.82) is 0 Å². The number of benzene rings is 2. The summed E-state index contributed by atoms with van der Waals surface area (Å²) in [4.78, 5) is 14.0. The number of carbonyl (C=O) groups is 1. The van der Waals surface area contributed by atoms with Crippen molar-refractivity contribution >= 4 is 5.97 Å². The third-order valence-electron chi connectivity index (χ3n) is 5.01. The van der Waals surface area contributed by atoms with Gasteiger partial charge >= 0.3 is 5.97 Å². The highest BCUT2D eigenvalue weighted by molar-refractivity contribution is 5.72. The summed E-state index contributed by atoms with van der Waals surface area (Å²) in [6.07, 6.45) is 1.06. The molecule has 2 unspecified atom stereocenters. The second kappa shape index (κ2) is 7.83. The Labute approximate surface area is 150 Å². The quantitative estimate of drug-likeness (QED) is 0.859. The van der Waals surface area contributed by atoms with Crippen molar-refractivity contribution in [2.24, 2.45) is 11.8 Å². The Morgan fingerprint density at radius 3 is 2.32 bits per heavy atom. The van der Waals surface area contributed by atoms with Gasteiger partial charge in [0.2, 0.25) is 0 Å². The smallest absolute Gasteiger partial charge is 0.308 e. The first kappa shape index (κ1) is 17.7. The zero-order valence-corrected chi connectivity index (χ0v) is 15.1. The molecule has 2 atom stereocenters. The fourth-order valence-electron chi connectivity index (χ4n) is 3.82. The van der Waals surface area contributed by atoms with Crippen LogP contribution in [-0.2, 0) is 17.8 Å². The van der Waals surface area contributed by atoms with Crippen molar-refractivity contribution in [3.8, 4) is 0 Å². The van der Waals surface area contributed by atoms with Crippen LogP contribution in [0.1, 0.15) is 36.5 Å². The summed E-state index contributed by atoms with van der Waals surface area (Å²) < 4.78 is 0. The summed E-state index contributed by atoms with van der Waals surface area (Å²) in [5, 5.41) is 9.68. The van der Waals surface area contributed by atoms with E-state index in [0.717, 1.165) is 25.1 Å². The van der Waals surface area contributed by atoms with Crippen LogP contribution in [0.5, 0.6) is 0 Å². The van der Waals surface area contributed by atoms with E-state index >= 15 is 0 Å². The third kappa shape index (κ3) is 4.49. The summed E-state index contributed by atoms with van der Waals surface area (Å²) >= 11 is 0. The molecule has 132 valence electrons. The largest absolute Gasteiger partial charge is 0.481 e. The van der Waals surface area contributed by atoms with Crippen LogP contribution in [0.25, 0.3) is 0 Å². The molecule has 1 heterocycles. The number of carboxylic acids is 1. The second-order valence-electron chi connectivity index (χ2n) is 7.57. The van der Waals surface area contributed by atoms with Crippen molar-refractivity contribution in [3.63, 3.8) is 0 Å². The Kier molecular flexibility index (Phi) is 5.54. The minimum absolute atomic E-state index is 0.0642. The molecule has 0 bridgehead atoms. The number of carboxylic acid groups (broad SMARTS) is 1. The van der Waals surface area contributed by atoms with Gasteiger partial charge in [0, 0.05) is 25.6 Å². The Morgan fingerprint density at radius 2 is 1.72 bits per heavy atom. The molecular formula is C22H27NO2. The number of hydrogen-bond acceptors (Lipinski definition) is 2. The zero-order chi connectivity index (χ0) is 17.8. The SMILES string of the molecule is CC(C)Cc1ccc(C2CN(Cc3ccccc3)CC2C(=O)O)cc1. The molecule has 1 saturated heterocycles. The molecule has 1 N–H and O–H groups in total. The molecule has 1 aliphatic rings. The Balaban J connectivity index is 1.73. The molecule has 2 aromatic rings. The van der Waals surface area contributed by atoms with Gasteiger partial charge in [0.25, 0.3) is 0 Å². The van der Waals surface area contributed by atoms with Gasteiger partial charge < -0.3 is 5.11 Å². The van der Waals surface area contributed by atoms with E-state index in [9.17, 15) is 9.90 Å². The van der Waals surface area contributed by atoms with Gasteiger partial charge in [-0.2, -0.15) is 0 Å². The van der Waals surface area contributed by atoms with Gasteiger partial charge in [0.15, 0.2) is 0 Å². The number of rotatable bonds is 6. The van der Waals surface area contributed by atoms with E-state index in [-0.39, 0.29) is 11.8 Å². The van der Waals surface area contributed by atoms with Crippen LogP contribution in [-0.4, -0.2) is 29.1 Å². The van der Waals surface area contributed by atoms with Gasteiger partial charge in [-0.3, -0.25) is 9.69 Å². The second-order valence-corrected chi connectivity index (χ2v) is 7.57. The fraction of sp³-hybridized carbons (Fsp3) is 0.409. The highest BCUT2D eigenvalue weighted by Gasteiger charge is 2.38. The maximum atomic E-state index is 11.8. The molecule has 0 aromatic heterocycles. The maximum absolute atomic E-state index is 11.8. The lowest BCUT2D eigenvalue weighted by Gasteiger charge is -2.17. The minimum atomic E-state index is -0.688. The molecule has 25 heavy (non-hydrogen) atoms.